The standard InChI is InChI=1S/C18H20ClN5O3/c1-23(11-16(25)27-2)18(26)24-7-6-15-12(10-24)9-20-17(22-15)21-14-5-3-4-13(19)8-14/h3-5,8-9H,6-7,10-11H2,1-2H3,(H,20,21,22). The van der Waals surface area contributed by atoms with E-state index in [0.29, 0.717) is 30.5 Å². The lowest BCUT2D eigenvalue weighted by Gasteiger charge is -2.31. The van der Waals surface area contributed by atoms with Crippen LogP contribution in [0.5, 0.6) is 0 Å². The van der Waals surface area contributed by atoms with Crippen LogP contribution in [0.3, 0.4) is 0 Å². The summed E-state index contributed by atoms with van der Waals surface area (Å²) in [5.74, 6) is 0.0296. The second-order valence-corrected chi connectivity index (χ2v) is 6.62. The molecule has 1 N–H and O–H groups in total. The van der Waals surface area contributed by atoms with Gasteiger partial charge in [-0.3, -0.25) is 4.79 Å². The van der Waals surface area contributed by atoms with Gasteiger partial charge < -0.3 is 19.9 Å². The fourth-order valence-electron chi connectivity index (χ4n) is 2.80. The molecule has 3 rings (SSSR count). The Bertz CT molecular complexity index is 861. The number of benzene rings is 1. The van der Waals surface area contributed by atoms with E-state index in [1.807, 2.05) is 12.1 Å². The van der Waals surface area contributed by atoms with Crippen molar-refractivity contribution in [1.82, 2.24) is 19.8 Å². The van der Waals surface area contributed by atoms with Crippen LogP contribution in [-0.2, 0) is 22.5 Å². The Balaban J connectivity index is 1.67. The minimum Gasteiger partial charge on any atom is -0.468 e. The molecule has 0 saturated carbocycles. The second kappa shape index (κ2) is 8.22. The topological polar surface area (TPSA) is 87.7 Å². The van der Waals surface area contributed by atoms with Crippen LogP contribution in [0, 0.1) is 0 Å². The molecule has 2 amide bonds. The van der Waals surface area contributed by atoms with Crippen molar-refractivity contribution in [2.45, 2.75) is 13.0 Å². The summed E-state index contributed by atoms with van der Waals surface area (Å²) in [6.07, 6.45) is 2.33. The van der Waals surface area contributed by atoms with Crippen LogP contribution in [-0.4, -0.2) is 59.0 Å². The molecule has 0 unspecified atom stereocenters. The minimum absolute atomic E-state index is 0.0856. The van der Waals surface area contributed by atoms with Gasteiger partial charge in [-0.25, -0.2) is 14.8 Å². The van der Waals surface area contributed by atoms with Gasteiger partial charge in [0, 0.05) is 42.5 Å². The molecule has 1 aliphatic heterocycles. The number of likely N-dealkylation sites (N-methyl/N-ethyl adjacent to an activating group) is 1. The lowest BCUT2D eigenvalue weighted by molar-refractivity contribution is -0.141. The van der Waals surface area contributed by atoms with Crippen molar-refractivity contribution in [2.75, 3.05) is 32.6 Å². The lowest BCUT2D eigenvalue weighted by Crippen LogP contribution is -2.45. The van der Waals surface area contributed by atoms with Crippen LogP contribution < -0.4 is 5.32 Å². The predicted molar refractivity (Wildman–Crippen MR) is 101 cm³/mol. The maximum Gasteiger partial charge on any atom is 0.325 e. The smallest absolute Gasteiger partial charge is 0.325 e. The molecule has 2 heterocycles. The predicted octanol–water partition coefficient (Wildman–Crippen LogP) is 2.46. The van der Waals surface area contributed by atoms with Crippen LogP contribution in [0.15, 0.2) is 30.5 Å². The van der Waals surface area contributed by atoms with Crippen LogP contribution in [0.4, 0.5) is 16.4 Å². The van der Waals surface area contributed by atoms with Gasteiger partial charge in [-0.05, 0) is 18.2 Å². The fourth-order valence-corrected chi connectivity index (χ4v) is 2.99. The highest BCUT2D eigenvalue weighted by atomic mass is 35.5. The first-order valence-corrected chi connectivity index (χ1v) is 8.78. The molecule has 0 spiro atoms. The first-order chi connectivity index (χ1) is 13.0. The third kappa shape index (κ3) is 4.65. The Hall–Kier alpha value is -2.87. The number of nitrogens with zero attached hydrogens (tertiary/aromatic N) is 4. The number of halogens is 1. The zero-order chi connectivity index (χ0) is 19.4. The number of ether oxygens (including phenoxy) is 1. The van der Waals surface area contributed by atoms with E-state index in [4.69, 9.17) is 11.6 Å². The molecule has 0 bridgehead atoms. The van der Waals surface area contributed by atoms with E-state index in [2.05, 4.69) is 20.0 Å². The monoisotopic (exact) mass is 389 g/mol. The van der Waals surface area contributed by atoms with Crippen molar-refractivity contribution < 1.29 is 14.3 Å². The van der Waals surface area contributed by atoms with Crippen molar-refractivity contribution in [3.8, 4) is 0 Å². The van der Waals surface area contributed by atoms with Gasteiger partial charge in [0.05, 0.1) is 19.3 Å². The summed E-state index contributed by atoms with van der Waals surface area (Å²) in [5, 5.41) is 3.76. The van der Waals surface area contributed by atoms with Crippen molar-refractivity contribution in [2.24, 2.45) is 0 Å². The molecule has 0 atom stereocenters. The average Bonchev–Trinajstić information content (AvgIpc) is 2.66. The Morgan fingerprint density at radius 1 is 1.41 bits per heavy atom. The largest absolute Gasteiger partial charge is 0.468 e. The molecule has 8 nitrogen and oxygen atoms in total. The van der Waals surface area contributed by atoms with Crippen LogP contribution in [0.25, 0.3) is 0 Å². The number of carbonyl (C=O) groups is 2. The molecular weight excluding hydrogens is 370 g/mol. The van der Waals surface area contributed by atoms with Gasteiger partial charge in [0.15, 0.2) is 0 Å². The van der Waals surface area contributed by atoms with Crippen LogP contribution >= 0.6 is 11.6 Å². The van der Waals surface area contributed by atoms with E-state index in [-0.39, 0.29) is 12.6 Å². The van der Waals surface area contributed by atoms with E-state index < -0.39 is 5.97 Å². The van der Waals surface area contributed by atoms with E-state index >= 15 is 0 Å². The van der Waals surface area contributed by atoms with Crippen molar-refractivity contribution >= 4 is 35.2 Å². The normalized spacial score (nSPS) is 12.9. The number of anilines is 2. The van der Waals surface area contributed by atoms with Gasteiger partial charge in [-0.1, -0.05) is 17.7 Å². The molecule has 142 valence electrons. The van der Waals surface area contributed by atoms with Crippen LogP contribution in [0.2, 0.25) is 5.02 Å². The van der Waals surface area contributed by atoms with E-state index in [1.54, 1.807) is 30.3 Å². The number of fused-ring (bicyclic) bond motifs is 1. The second-order valence-electron chi connectivity index (χ2n) is 6.19. The Kier molecular flexibility index (Phi) is 5.75. The number of rotatable bonds is 4. The highest BCUT2D eigenvalue weighted by molar-refractivity contribution is 6.30. The maximum absolute atomic E-state index is 12.5. The molecule has 1 aromatic carbocycles. The summed E-state index contributed by atoms with van der Waals surface area (Å²) in [6, 6.07) is 7.08. The molecule has 0 saturated heterocycles. The van der Waals surface area contributed by atoms with Crippen molar-refractivity contribution in [3.05, 3.63) is 46.7 Å². The quantitative estimate of drug-likeness (QED) is 0.808. The van der Waals surface area contributed by atoms with E-state index in [0.717, 1.165) is 16.9 Å². The van der Waals surface area contributed by atoms with Crippen molar-refractivity contribution in [1.29, 1.82) is 0 Å². The summed E-state index contributed by atoms with van der Waals surface area (Å²) >= 11 is 5.99. The van der Waals surface area contributed by atoms with Gasteiger partial charge in [0.1, 0.15) is 6.54 Å². The number of esters is 1. The number of carbonyl (C=O) groups excluding carboxylic acids is 2. The Labute approximate surface area is 162 Å². The third-order valence-corrected chi connectivity index (χ3v) is 4.44. The highest BCUT2D eigenvalue weighted by Gasteiger charge is 2.25. The molecule has 9 heteroatoms. The minimum atomic E-state index is -0.455. The van der Waals surface area contributed by atoms with Gasteiger partial charge in [0.25, 0.3) is 0 Å². The van der Waals surface area contributed by atoms with E-state index in [1.165, 1.54) is 12.0 Å². The Morgan fingerprint density at radius 3 is 2.96 bits per heavy atom. The molecular formula is C18H20ClN5O3. The number of nitrogens with one attached hydrogen (secondary N) is 1. The van der Waals surface area contributed by atoms with Gasteiger partial charge in [0.2, 0.25) is 5.95 Å². The summed E-state index contributed by atoms with van der Waals surface area (Å²) < 4.78 is 4.60. The zero-order valence-electron chi connectivity index (χ0n) is 15.1. The van der Waals surface area contributed by atoms with Gasteiger partial charge in [-0.2, -0.15) is 0 Å². The van der Waals surface area contributed by atoms with E-state index in [9.17, 15) is 9.59 Å². The lowest BCUT2D eigenvalue weighted by atomic mass is 10.1. The maximum atomic E-state index is 12.5. The molecule has 0 radical (unpaired) electrons. The summed E-state index contributed by atoms with van der Waals surface area (Å²) in [6.45, 7) is 0.833. The number of amides is 2. The number of aromatic nitrogens is 2. The first-order valence-electron chi connectivity index (χ1n) is 8.40. The van der Waals surface area contributed by atoms with Crippen molar-refractivity contribution in [3.63, 3.8) is 0 Å². The SMILES string of the molecule is COC(=O)CN(C)C(=O)N1CCc2nc(Nc3cccc(Cl)c3)ncc2C1. The van der Waals surface area contributed by atoms with Gasteiger partial charge in [-0.15, -0.1) is 0 Å². The third-order valence-electron chi connectivity index (χ3n) is 4.21. The molecule has 0 aliphatic carbocycles. The highest BCUT2D eigenvalue weighted by Crippen LogP contribution is 2.21. The number of methoxy groups -OCH3 is 1. The van der Waals surface area contributed by atoms with Crippen LogP contribution in [0.1, 0.15) is 11.3 Å². The molecule has 0 fully saturated rings. The summed E-state index contributed by atoms with van der Waals surface area (Å²) in [7, 11) is 2.87. The first kappa shape index (κ1) is 18.9. The molecule has 27 heavy (non-hydrogen) atoms. The summed E-state index contributed by atoms with van der Waals surface area (Å²) in [5.41, 5.74) is 2.59. The average molecular weight is 390 g/mol. The molecule has 1 aliphatic rings. The van der Waals surface area contributed by atoms with Gasteiger partial charge >= 0.3 is 12.0 Å². The number of hydrogen-bond donors (Lipinski definition) is 1. The molecule has 2 aromatic rings. The zero-order valence-corrected chi connectivity index (χ0v) is 15.9. The summed E-state index contributed by atoms with van der Waals surface area (Å²) in [4.78, 5) is 35.7. The fraction of sp³-hybridized carbons (Fsp3) is 0.333. The molecule has 1 aromatic heterocycles. The number of urea groups is 1. The number of hydrogen-bond acceptors (Lipinski definition) is 6. The Morgan fingerprint density at radius 2 is 2.22 bits per heavy atom.